The molecule has 0 bridgehead atoms. The average molecular weight is 318 g/mol. The standard InChI is InChI=1S/C18H26N2O3/c1-15-2-4-17(5-3-15)23-14-16-6-8-19(9-7-16)18(21)20-10-12-22-13-11-20/h2-5,16H,6-14H2,1H3. The highest BCUT2D eigenvalue weighted by Gasteiger charge is 2.27. The van der Waals surface area contributed by atoms with Crippen LogP contribution in [0.25, 0.3) is 0 Å². The molecule has 2 fully saturated rings. The molecule has 1 aromatic carbocycles. The van der Waals surface area contributed by atoms with Crippen LogP contribution in [0.1, 0.15) is 18.4 Å². The third-order valence-corrected chi connectivity index (χ3v) is 4.67. The van der Waals surface area contributed by atoms with Gasteiger partial charge in [-0.1, -0.05) is 17.7 Å². The van der Waals surface area contributed by atoms with E-state index in [9.17, 15) is 4.79 Å². The zero-order valence-corrected chi connectivity index (χ0v) is 13.9. The van der Waals surface area contributed by atoms with Crippen molar-refractivity contribution < 1.29 is 14.3 Å². The van der Waals surface area contributed by atoms with E-state index in [2.05, 4.69) is 19.1 Å². The number of morpholine rings is 1. The van der Waals surface area contributed by atoms with Crippen molar-refractivity contribution in [3.8, 4) is 5.75 Å². The topological polar surface area (TPSA) is 42.0 Å². The molecule has 126 valence electrons. The number of hydrogen-bond acceptors (Lipinski definition) is 3. The highest BCUT2D eigenvalue weighted by atomic mass is 16.5. The minimum Gasteiger partial charge on any atom is -0.493 e. The first-order valence-corrected chi connectivity index (χ1v) is 8.53. The van der Waals surface area contributed by atoms with E-state index in [0.29, 0.717) is 19.1 Å². The number of urea groups is 1. The minimum atomic E-state index is 0.172. The maximum absolute atomic E-state index is 12.4. The summed E-state index contributed by atoms with van der Waals surface area (Å²) in [6.07, 6.45) is 2.03. The van der Waals surface area contributed by atoms with E-state index in [-0.39, 0.29) is 6.03 Å². The fourth-order valence-electron chi connectivity index (χ4n) is 3.09. The summed E-state index contributed by atoms with van der Waals surface area (Å²) in [6, 6.07) is 8.35. The van der Waals surface area contributed by atoms with Crippen LogP contribution >= 0.6 is 0 Å². The van der Waals surface area contributed by atoms with Gasteiger partial charge in [-0.2, -0.15) is 0 Å². The van der Waals surface area contributed by atoms with Crippen molar-refractivity contribution in [3.63, 3.8) is 0 Å². The van der Waals surface area contributed by atoms with Gasteiger partial charge in [0.1, 0.15) is 5.75 Å². The second-order valence-electron chi connectivity index (χ2n) is 6.44. The summed E-state index contributed by atoms with van der Waals surface area (Å²) in [5, 5.41) is 0. The van der Waals surface area contributed by atoms with Crippen molar-refractivity contribution >= 4 is 6.03 Å². The summed E-state index contributed by atoms with van der Waals surface area (Å²) in [5.74, 6) is 1.47. The van der Waals surface area contributed by atoms with Crippen LogP contribution in [-0.2, 0) is 4.74 Å². The first kappa shape index (κ1) is 16.1. The number of piperidine rings is 1. The summed E-state index contributed by atoms with van der Waals surface area (Å²) in [7, 11) is 0. The molecule has 2 aliphatic heterocycles. The molecule has 0 unspecified atom stereocenters. The average Bonchev–Trinajstić information content (AvgIpc) is 2.62. The Kier molecular flexibility index (Phi) is 5.39. The first-order chi connectivity index (χ1) is 11.2. The Morgan fingerprint density at radius 2 is 1.70 bits per heavy atom. The molecular formula is C18H26N2O3. The molecule has 2 aliphatic rings. The van der Waals surface area contributed by atoms with Gasteiger partial charge in [-0.25, -0.2) is 4.79 Å². The maximum Gasteiger partial charge on any atom is 0.320 e. The number of carbonyl (C=O) groups excluding carboxylic acids is 1. The number of benzene rings is 1. The van der Waals surface area contributed by atoms with E-state index in [4.69, 9.17) is 9.47 Å². The molecule has 3 rings (SSSR count). The van der Waals surface area contributed by atoms with Crippen LogP contribution in [0.2, 0.25) is 0 Å². The summed E-state index contributed by atoms with van der Waals surface area (Å²) >= 11 is 0. The summed E-state index contributed by atoms with van der Waals surface area (Å²) in [6.45, 7) is 7.23. The minimum absolute atomic E-state index is 0.172. The number of ether oxygens (including phenoxy) is 2. The van der Waals surface area contributed by atoms with Crippen LogP contribution in [0.15, 0.2) is 24.3 Å². The van der Waals surface area contributed by atoms with Crippen LogP contribution < -0.4 is 4.74 Å². The Morgan fingerprint density at radius 3 is 2.35 bits per heavy atom. The molecule has 2 amide bonds. The molecular weight excluding hydrogens is 292 g/mol. The molecule has 23 heavy (non-hydrogen) atoms. The fraction of sp³-hybridized carbons (Fsp3) is 0.611. The molecule has 0 atom stereocenters. The largest absolute Gasteiger partial charge is 0.493 e. The van der Waals surface area contributed by atoms with Gasteiger partial charge >= 0.3 is 6.03 Å². The van der Waals surface area contributed by atoms with Gasteiger partial charge in [0.25, 0.3) is 0 Å². The number of rotatable bonds is 3. The molecule has 5 nitrogen and oxygen atoms in total. The highest BCUT2D eigenvalue weighted by Crippen LogP contribution is 2.21. The van der Waals surface area contributed by atoms with Crippen LogP contribution in [0.5, 0.6) is 5.75 Å². The van der Waals surface area contributed by atoms with E-state index in [1.165, 1.54) is 5.56 Å². The van der Waals surface area contributed by atoms with Gasteiger partial charge in [-0.15, -0.1) is 0 Å². The van der Waals surface area contributed by atoms with Crippen molar-refractivity contribution in [2.75, 3.05) is 46.0 Å². The predicted molar refractivity (Wildman–Crippen MR) is 88.8 cm³/mol. The second kappa shape index (κ2) is 7.68. The van der Waals surface area contributed by atoms with Crippen molar-refractivity contribution in [3.05, 3.63) is 29.8 Å². The van der Waals surface area contributed by atoms with Gasteiger partial charge in [0, 0.05) is 26.2 Å². The van der Waals surface area contributed by atoms with E-state index < -0.39 is 0 Å². The predicted octanol–water partition coefficient (Wildman–Crippen LogP) is 2.54. The van der Waals surface area contributed by atoms with Crippen molar-refractivity contribution in [1.82, 2.24) is 9.80 Å². The van der Waals surface area contributed by atoms with Gasteiger partial charge in [0.2, 0.25) is 0 Å². The fourth-order valence-corrected chi connectivity index (χ4v) is 3.09. The third-order valence-electron chi connectivity index (χ3n) is 4.67. The highest BCUT2D eigenvalue weighted by molar-refractivity contribution is 5.74. The molecule has 0 radical (unpaired) electrons. The number of carbonyl (C=O) groups is 1. The van der Waals surface area contributed by atoms with E-state index in [1.807, 2.05) is 21.9 Å². The lowest BCUT2D eigenvalue weighted by molar-refractivity contribution is 0.0389. The van der Waals surface area contributed by atoms with Crippen LogP contribution in [0.4, 0.5) is 4.79 Å². The second-order valence-corrected chi connectivity index (χ2v) is 6.44. The molecule has 0 aromatic heterocycles. The molecule has 0 aliphatic carbocycles. The van der Waals surface area contributed by atoms with Crippen LogP contribution in [0.3, 0.4) is 0 Å². The normalized spacial score (nSPS) is 19.7. The molecule has 2 saturated heterocycles. The zero-order chi connectivity index (χ0) is 16.1. The van der Waals surface area contributed by atoms with E-state index in [1.54, 1.807) is 0 Å². The zero-order valence-electron chi connectivity index (χ0n) is 13.9. The van der Waals surface area contributed by atoms with Crippen LogP contribution in [0, 0.1) is 12.8 Å². The number of aryl methyl sites for hydroxylation is 1. The van der Waals surface area contributed by atoms with Crippen molar-refractivity contribution in [2.45, 2.75) is 19.8 Å². The van der Waals surface area contributed by atoms with Gasteiger partial charge in [-0.3, -0.25) is 0 Å². The molecule has 2 heterocycles. The number of likely N-dealkylation sites (tertiary alicyclic amines) is 1. The Bertz CT molecular complexity index is 504. The first-order valence-electron chi connectivity index (χ1n) is 8.53. The van der Waals surface area contributed by atoms with E-state index >= 15 is 0 Å². The van der Waals surface area contributed by atoms with Gasteiger partial charge in [0.15, 0.2) is 0 Å². The third kappa shape index (κ3) is 4.38. The molecule has 0 N–H and O–H groups in total. The molecule has 1 aromatic rings. The van der Waals surface area contributed by atoms with Crippen molar-refractivity contribution in [1.29, 1.82) is 0 Å². The van der Waals surface area contributed by atoms with Gasteiger partial charge in [0.05, 0.1) is 19.8 Å². The van der Waals surface area contributed by atoms with E-state index in [0.717, 1.165) is 51.4 Å². The number of amides is 2. The lowest BCUT2D eigenvalue weighted by Crippen LogP contribution is -2.50. The summed E-state index contributed by atoms with van der Waals surface area (Å²) in [4.78, 5) is 16.3. The quantitative estimate of drug-likeness (QED) is 0.860. The number of nitrogens with zero attached hydrogens (tertiary/aromatic N) is 2. The lowest BCUT2D eigenvalue weighted by atomic mass is 9.98. The summed E-state index contributed by atoms with van der Waals surface area (Å²) < 4.78 is 11.2. The molecule has 0 spiro atoms. The van der Waals surface area contributed by atoms with Gasteiger partial charge < -0.3 is 19.3 Å². The lowest BCUT2D eigenvalue weighted by Gasteiger charge is -2.37. The van der Waals surface area contributed by atoms with Gasteiger partial charge in [-0.05, 0) is 37.8 Å². The number of hydrogen-bond donors (Lipinski definition) is 0. The Morgan fingerprint density at radius 1 is 1.09 bits per heavy atom. The Labute approximate surface area is 138 Å². The van der Waals surface area contributed by atoms with Crippen LogP contribution in [-0.4, -0.2) is 61.8 Å². The Balaban J connectivity index is 1.41. The Hall–Kier alpha value is -1.75. The maximum atomic E-state index is 12.4. The molecule has 5 heteroatoms. The smallest absolute Gasteiger partial charge is 0.320 e. The SMILES string of the molecule is Cc1ccc(OCC2CCN(C(=O)N3CCOCC3)CC2)cc1. The molecule has 0 saturated carbocycles. The van der Waals surface area contributed by atoms with Crippen molar-refractivity contribution in [2.24, 2.45) is 5.92 Å². The monoisotopic (exact) mass is 318 g/mol. The summed E-state index contributed by atoms with van der Waals surface area (Å²) in [5.41, 5.74) is 1.24.